The summed E-state index contributed by atoms with van der Waals surface area (Å²) in [6.45, 7) is -0.0261. The lowest BCUT2D eigenvalue weighted by Crippen LogP contribution is -2.41. The van der Waals surface area contributed by atoms with Gasteiger partial charge in [0.2, 0.25) is 15.9 Å². The standard InChI is InChI=1S/C19H23ClN2O5S/c1-21(12-14-5-10-17(26-2)18(11-14)27-3)19(23)13-22(28(4,24)25)16-8-6-15(20)7-9-16/h5-11H,12-13H2,1-4H3. The molecule has 9 heteroatoms. The van der Waals surface area contributed by atoms with Gasteiger partial charge in [-0.05, 0) is 42.0 Å². The predicted octanol–water partition coefficient (Wildman–Crippen LogP) is 2.78. The van der Waals surface area contributed by atoms with Gasteiger partial charge in [-0.1, -0.05) is 17.7 Å². The van der Waals surface area contributed by atoms with Crippen molar-refractivity contribution in [2.45, 2.75) is 6.54 Å². The molecule has 0 aliphatic heterocycles. The number of likely N-dealkylation sites (N-methyl/N-ethyl adjacent to an activating group) is 1. The van der Waals surface area contributed by atoms with E-state index in [1.165, 1.54) is 12.0 Å². The van der Waals surface area contributed by atoms with Crippen LogP contribution in [0, 0.1) is 0 Å². The Labute approximate surface area is 170 Å². The summed E-state index contributed by atoms with van der Waals surface area (Å²) in [7, 11) is 1.05. The molecular weight excluding hydrogens is 404 g/mol. The van der Waals surface area contributed by atoms with Gasteiger partial charge in [-0.15, -0.1) is 0 Å². The molecule has 0 saturated carbocycles. The van der Waals surface area contributed by atoms with E-state index in [-0.39, 0.29) is 19.0 Å². The molecule has 0 unspecified atom stereocenters. The van der Waals surface area contributed by atoms with E-state index in [2.05, 4.69) is 0 Å². The number of methoxy groups -OCH3 is 2. The van der Waals surface area contributed by atoms with E-state index < -0.39 is 10.0 Å². The van der Waals surface area contributed by atoms with Crippen LogP contribution in [-0.4, -0.2) is 53.3 Å². The van der Waals surface area contributed by atoms with Crippen molar-refractivity contribution in [2.75, 3.05) is 38.4 Å². The van der Waals surface area contributed by atoms with Gasteiger partial charge in [0.1, 0.15) is 6.54 Å². The Morgan fingerprint density at radius 1 is 1.04 bits per heavy atom. The second-order valence-corrected chi connectivity index (χ2v) is 8.53. The molecule has 0 atom stereocenters. The molecule has 0 aliphatic carbocycles. The molecule has 0 N–H and O–H groups in total. The second-order valence-electron chi connectivity index (χ2n) is 6.19. The Kier molecular flexibility index (Phi) is 7.15. The number of hydrogen-bond acceptors (Lipinski definition) is 5. The number of sulfonamides is 1. The minimum atomic E-state index is -3.65. The molecule has 0 saturated heterocycles. The fourth-order valence-corrected chi connectivity index (χ4v) is 3.57. The molecule has 2 aromatic carbocycles. The third kappa shape index (κ3) is 5.53. The fraction of sp³-hybridized carbons (Fsp3) is 0.316. The van der Waals surface area contributed by atoms with Gasteiger partial charge in [0.25, 0.3) is 0 Å². The summed E-state index contributed by atoms with van der Waals surface area (Å²) in [5, 5.41) is 0.481. The minimum absolute atomic E-state index is 0.289. The highest BCUT2D eigenvalue weighted by molar-refractivity contribution is 7.92. The monoisotopic (exact) mass is 426 g/mol. The molecule has 0 bridgehead atoms. The maximum absolute atomic E-state index is 12.7. The zero-order valence-corrected chi connectivity index (χ0v) is 17.7. The first-order valence-electron chi connectivity index (χ1n) is 8.34. The molecule has 0 fully saturated rings. The fourth-order valence-electron chi connectivity index (χ4n) is 2.59. The van der Waals surface area contributed by atoms with Gasteiger partial charge in [-0.3, -0.25) is 9.10 Å². The van der Waals surface area contributed by atoms with E-state index in [1.54, 1.807) is 50.6 Å². The van der Waals surface area contributed by atoms with Crippen LogP contribution in [0.5, 0.6) is 11.5 Å². The van der Waals surface area contributed by atoms with Gasteiger partial charge in [0, 0.05) is 18.6 Å². The first-order chi connectivity index (χ1) is 13.2. The molecule has 0 spiro atoms. The molecular formula is C19H23ClN2O5S. The number of carbonyl (C=O) groups excluding carboxylic acids is 1. The van der Waals surface area contributed by atoms with Crippen molar-refractivity contribution in [3.8, 4) is 11.5 Å². The zero-order valence-electron chi connectivity index (χ0n) is 16.2. The number of hydrogen-bond donors (Lipinski definition) is 0. The summed E-state index contributed by atoms with van der Waals surface area (Å²) in [5.74, 6) is 0.793. The summed E-state index contributed by atoms with van der Waals surface area (Å²) >= 11 is 5.86. The maximum Gasteiger partial charge on any atom is 0.243 e. The third-order valence-electron chi connectivity index (χ3n) is 4.09. The van der Waals surface area contributed by atoms with Gasteiger partial charge in [-0.2, -0.15) is 0 Å². The smallest absolute Gasteiger partial charge is 0.243 e. The predicted molar refractivity (Wildman–Crippen MR) is 110 cm³/mol. The number of anilines is 1. The Balaban J connectivity index is 2.16. The van der Waals surface area contributed by atoms with E-state index in [0.717, 1.165) is 16.1 Å². The van der Waals surface area contributed by atoms with E-state index in [4.69, 9.17) is 21.1 Å². The number of carbonyl (C=O) groups is 1. The van der Waals surface area contributed by atoms with Crippen LogP contribution in [0.25, 0.3) is 0 Å². The van der Waals surface area contributed by atoms with Gasteiger partial charge in [0.15, 0.2) is 11.5 Å². The Hall–Kier alpha value is -2.45. The first-order valence-corrected chi connectivity index (χ1v) is 10.6. The number of rotatable bonds is 8. The Morgan fingerprint density at radius 2 is 1.64 bits per heavy atom. The van der Waals surface area contributed by atoms with Crippen molar-refractivity contribution < 1.29 is 22.7 Å². The quantitative estimate of drug-likeness (QED) is 0.648. The summed E-state index contributed by atoms with van der Waals surface area (Å²) in [5.41, 5.74) is 1.20. The molecule has 0 radical (unpaired) electrons. The molecule has 2 rings (SSSR count). The Morgan fingerprint density at radius 3 is 2.18 bits per heavy atom. The van der Waals surface area contributed by atoms with Gasteiger partial charge in [-0.25, -0.2) is 8.42 Å². The largest absolute Gasteiger partial charge is 0.493 e. The Bertz CT molecular complexity index is 932. The van der Waals surface area contributed by atoms with E-state index in [0.29, 0.717) is 22.2 Å². The number of halogens is 1. The van der Waals surface area contributed by atoms with Crippen molar-refractivity contribution >= 4 is 33.2 Å². The van der Waals surface area contributed by atoms with Crippen molar-refractivity contribution in [3.63, 3.8) is 0 Å². The van der Waals surface area contributed by atoms with E-state index >= 15 is 0 Å². The number of ether oxygens (including phenoxy) is 2. The second kappa shape index (κ2) is 9.16. The number of benzene rings is 2. The SMILES string of the molecule is COc1ccc(CN(C)C(=O)CN(c2ccc(Cl)cc2)S(C)(=O)=O)cc1OC. The first kappa shape index (κ1) is 21.8. The van der Waals surface area contributed by atoms with Crippen LogP contribution in [0.15, 0.2) is 42.5 Å². The normalized spacial score (nSPS) is 11.0. The average molecular weight is 427 g/mol. The highest BCUT2D eigenvalue weighted by Gasteiger charge is 2.23. The van der Waals surface area contributed by atoms with Crippen LogP contribution in [0.3, 0.4) is 0 Å². The van der Waals surface area contributed by atoms with Crippen molar-refractivity contribution in [3.05, 3.63) is 53.1 Å². The molecule has 7 nitrogen and oxygen atoms in total. The van der Waals surface area contributed by atoms with E-state index in [1.807, 2.05) is 6.07 Å². The topological polar surface area (TPSA) is 76.2 Å². The summed E-state index contributed by atoms with van der Waals surface area (Å²) < 4.78 is 35.9. The molecule has 0 heterocycles. The van der Waals surface area contributed by atoms with Crippen LogP contribution in [0.4, 0.5) is 5.69 Å². The van der Waals surface area contributed by atoms with Crippen molar-refractivity contribution in [1.82, 2.24) is 4.90 Å². The molecule has 152 valence electrons. The van der Waals surface area contributed by atoms with Gasteiger partial charge < -0.3 is 14.4 Å². The van der Waals surface area contributed by atoms with Crippen LogP contribution in [0.2, 0.25) is 5.02 Å². The van der Waals surface area contributed by atoms with Gasteiger partial charge in [0.05, 0.1) is 26.2 Å². The van der Waals surface area contributed by atoms with Crippen molar-refractivity contribution in [1.29, 1.82) is 0 Å². The molecule has 0 aromatic heterocycles. The van der Waals surface area contributed by atoms with Crippen molar-refractivity contribution in [2.24, 2.45) is 0 Å². The lowest BCUT2D eigenvalue weighted by atomic mass is 10.2. The van der Waals surface area contributed by atoms with Gasteiger partial charge >= 0.3 is 0 Å². The van der Waals surface area contributed by atoms with Crippen LogP contribution in [0.1, 0.15) is 5.56 Å². The minimum Gasteiger partial charge on any atom is -0.493 e. The summed E-state index contributed by atoms with van der Waals surface area (Å²) in [4.78, 5) is 14.1. The molecule has 28 heavy (non-hydrogen) atoms. The highest BCUT2D eigenvalue weighted by atomic mass is 35.5. The van der Waals surface area contributed by atoms with E-state index in [9.17, 15) is 13.2 Å². The number of nitrogens with zero attached hydrogens (tertiary/aromatic N) is 2. The molecule has 1 amide bonds. The van der Waals surface area contributed by atoms with Crippen LogP contribution < -0.4 is 13.8 Å². The van der Waals surface area contributed by atoms with Crippen LogP contribution >= 0.6 is 11.6 Å². The maximum atomic E-state index is 12.7. The molecule has 0 aliphatic rings. The van der Waals surface area contributed by atoms with Crippen LogP contribution in [-0.2, 0) is 21.4 Å². The lowest BCUT2D eigenvalue weighted by molar-refractivity contribution is -0.128. The zero-order chi connectivity index (χ0) is 20.9. The average Bonchev–Trinajstić information content (AvgIpc) is 2.65. The molecule has 2 aromatic rings. The summed E-state index contributed by atoms with van der Waals surface area (Å²) in [6.07, 6.45) is 1.06. The third-order valence-corrected chi connectivity index (χ3v) is 5.48. The summed E-state index contributed by atoms with van der Waals surface area (Å²) in [6, 6.07) is 11.6. The number of amides is 1. The lowest BCUT2D eigenvalue weighted by Gasteiger charge is -2.25. The highest BCUT2D eigenvalue weighted by Crippen LogP contribution is 2.28.